The molecule has 3 atom stereocenters. The van der Waals surface area contributed by atoms with Crippen molar-refractivity contribution >= 4 is 5.78 Å². The molecule has 0 saturated heterocycles. The predicted octanol–water partition coefficient (Wildman–Crippen LogP) is 3.57. The maximum absolute atomic E-state index is 11.9. The van der Waals surface area contributed by atoms with Crippen molar-refractivity contribution in [2.24, 2.45) is 17.3 Å². The summed E-state index contributed by atoms with van der Waals surface area (Å²) in [5.74, 6) is 1.04. The van der Waals surface area contributed by atoms with E-state index in [0.29, 0.717) is 24.5 Å². The Balaban J connectivity index is 2.68. The Kier molecular flexibility index (Phi) is 4.40. The molecule has 0 aromatic heterocycles. The first kappa shape index (κ1) is 14.7. The Hall–Kier alpha value is -0.370. The highest BCUT2D eigenvalue weighted by Crippen LogP contribution is 2.41. The summed E-state index contributed by atoms with van der Waals surface area (Å²) >= 11 is 0. The van der Waals surface area contributed by atoms with Crippen molar-refractivity contribution < 1.29 is 9.90 Å². The van der Waals surface area contributed by atoms with Crippen LogP contribution in [0, 0.1) is 17.3 Å². The molecule has 17 heavy (non-hydrogen) atoms. The van der Waals surface area contributed by atoms with E-state index in [9.17, 15) is 9.90 Å². The van der Waals surface area contributed by atoms with Crippen LogP contribution in [0.5, 0.6) is 0 Å². The second kappa shape index (κ2) is 5.09. The zero-order valence-corrected chi connectivity index (χ0v) is 12.0. The fraction of sp³-hybridized carbons (Fsp3) is 0.933. The minimum atomic E-state index is -0.680. The van der Waals surface area contributed by atoms with Gasteiger partial charge in [0.1, 0.15) is 5.78 Å². The maximum atomic E-state index is 11.9. The highest BCUT2D eigenvalue weighted by atomic mass is 16.3. The molecule has 0 aliphatic heterocycles. The number of Topliss-reactive ketones (excluding diaryl/α,β-unsaturated/α-hetero) is 1. The van der Waals surface area contributed by atoms with Crippen LogP contribution in [-0.2, 0) is 4.79 Å². The van der Waals surface area contributed by atoms with Gasteiger partial charge in [0.05, 0.1) is 5.60 Å². The largest absolute Gasteiger partial charge is 0.390 e. The highest BCUT2D eigenvalue weighted by Gasteiger charge is 2.37. The second-order valence-corrected chi connectivity index (χ2v) is 7.06. The first-order valence-electron chi connectivity index (χ1n) is 6.91. The van der Waals surface area contributed by atoms with Gasteiger partial charge in [0.25, 0.3) is 0 Å². The van der Waals surface area contributed by atoms with E-state index in [4.69, 9.17) is 0 Å². The molecule has 0 amide bonds. The number of rotatable bonds is 3. The third-order valence-corrected chi connectivity index (χ3v) is 4.44. The van der Waals surface area contributed by atoms with Crippen LogP contribution < -0.4 is 0 Å². The first-order valence-corrected chi connectivity index (χ1v) is 6.91. The summed E-state index contributed by atoms with van der Waals surface area (Å²) in [6.45, 7) is 10.6. The molecule has 1 fully saturated rings. The Labute approximate surface area is 106 Å². The third kappa shape index (κ3) is 4.09. The number of hydrogen-bond acceptors (Lipinski definition) is 2. The highest BCUT2D eigenvalue weighted by molar-refractivity contribution is 5.81. The van der Waals surface area contributed by atoms with E-state index in [0.717, 1.165) is 19.3 Å². The summed E-state index contributed by atoms with van der Waals surface area (Å²) in [6.07, 6.45) is 4.03. The molecular weight excluding hydrogens is 212 g/mol. The quantitative estimate of drug-likeness (QED) is 0.819. The van der Waals surface area contributed by atoms with Crippen LogP contribution in [0.15, 0.2) is 0 Å². The molecule has 0 bridgehead atoms. The first-order chi connectivity index (χ1) is 7.65. The summed E-state index contributed by atoms with van der Waals surface area (Å²) in [4.78, 5) is 11.9. The monoisotopic (exact) mass is 240 g/mol. The van der Waals surface area contributed by atoms with Crippen LogP contribution in [0.1, 0.15) is 66.7 Å². The molecule has 0 aromatic rings. The standard InChI is InChI=1S/C15H28O2/c1-6-15(5,17)10-11-9-12(14(2,3)4)7-8-13(11)16/h11-12,17H,6-10H2,1-5H3. The molecule has 100 valence electrons. The van der Waals surface area contributed by atoms with Crippen LogP contribution in [0.4, 0.5) is 0 Å². The average molecular weight is 240 g/mol. The fourth-order valence-electron chi connectivity index (χ4n) is 2.77. The molecular formula is C15H28O2. The van der Waals surface area contributed by atoms with Crippen molar-refractivity contribution in [2.75, 3.05) is 0 Å². The summed E-state index contributed by atoms with van der Waals surface area (Å²) in [7, 11) is 0. The van der Waals surface area contributed by atoms with Crippen molar-refractivity contribution in [1.82, 2.24) is 0 Å². The van der Waals surface area contributed by atoms with Gasteiger partial charge in [-0.3, -0.25) is 4.79 Å². The predicted molar refractivity (Wildman–Crippen MR) is 70.8 cm³/mol. The molecule has 2 nitrogen and oxygen atoms in total. The lowest BCUT2D eigenvalue weighted by Gasteiger charge is -2.38. The normalized spacial score (nSPS) is 30.1. The third-order valence-electron chi connectivity index (χ3n) is 4.44. The van der Waals surface area contributed by atoms with Gasteiger partial charge in [0.15, 0.2) is 0 Å². The van der Waals surface area contributed by atoms with Crippen molar-refractivity contribution in [3.8, 4) is 0 Å². The molecule has 1 N–H and O–H groups in total. The van der Waals surface area contributed by atoms with E-state index >= 15 is 0 Å². The maximum Gasteiger partial charge on any atom is 0.136 e. The lowest BCUT2D eigenvalue weighted by molar-refractivity contribution is -0.129. The van der Waals surface area contributed by atoms with Gasteiger partial charge >= 0.3 is 0 Å². The van der Waals surface area contributed by atoms with Gasteiger partial charge in [-0.1, -0.05) is 27.7 Å². The van der Waals surface area contributed by atoms with Crippen LogP contribution in [0.2, 0.25) is 0 Å². The Morgan fingerprint density at radius 3 is 2.35 bits per heavy atom. The molecule has 1 aliphatic rings. The number of carbonyl (C=O) groups is 1. The van der Waals surface area contributed by atoms with E-state index in [1.165, 1.54) is 0 Å². The van der Waals surface area contributed by atoms with Gasteiger partial charge in [-0.2, -0.15) is 0 Å². The van der Waals surface area contributed by atoms with Crippen molar-refractivity contribution in [1.29, 1.82) is 0 Å². The lowest BCUT2D eigenvalue weighted by Crippen LogP contribution is -2.37. The summed E-state index contributed by atoms with van der Waals surface area (Å²) < 4.78 is 0. The summed E-state index contributed by atoms with van der Waals surface area (Å²) in [6, 6.07) is 0. The Morgan fingerprint density at radius 1 is 1.29 bits per heavy atom. The van der Waals surface area contributed by atoms with Gasteiger partial charge in [0, 0.05) is 12.3 Å². The molecule has 0 aromatic carbocycles. The lowest BCUT2D eigenvalue weighted by atomic mass is 9.67. The van der Waals surface area contributed by atoms with Gasteiger partial charge in [-0.05, 0) is 43.9 Å². The molecule has 2 heteroatoms. The summed E-state index contributed by atoms with van der Waals surface area (Å²) in [5.41, 5.74) is -0.406. The van der Waals surface area contributed by atoms with Gasteiger partial charge < -0.3 is 5.11 Å². The molecule has 1 aliphatic carbocycles. The molecule has 0 heterocycles. The van der Waals surface area contributed by atoms with Crippen LogP contribution in [-0.4, -0.2) is 16.5 Å². The number of hydrogen-bond donors (Lipinski definition) is 1. The minimum absolute atomic E-state index is 0.0722. The van der Waals surface area contributed by atoms with Crippen molar-refractivity contribution in [3.05, 3.63) is 0 Å². The zero-order chi connectivity index (χ0) is 13.3. The molecule has 3 unspecified atom stereocenters. The van der Waals surface area contributed by atoms with E-state index in [-0.39, 0.29) is 11.3 Å². The van der Waals surface area contributed by atoms with Crippen LogP contribution in [0.25, 0.3) is 0 Å². The number of aliphatic hydroxyl groups is 1. The topological polar surface area (TPSA) is 37.3 Å². The van der Waals surface area contributed by atoms with E-state index in [1.54, 1.807) is 0 Å². The van der Waals surface area contributed by atoms with Gasteiger partial charge in [0.2, 0.25) is 0 Å². The van der Waals surface area contributed by atoms with Crippen LogP contribution in [0.3, 0.4) is 0 Å². The Bertz CT molecular complexity index is 273. The second-order valence-electron chi connectivity index (χ2n) is 7.06. The van der Waals surface area contributed by atoms with Gasteiger partial charge in [-0.25, -0.2) is 0 Å². The van der Waals surface area contributed by atoms with Crippen LogP contribution >= 0.6 is 0 Å². The SMILES string of the molecule is CCC(C)(O)CC1CC(C(C)(C)C)CCC1=O. The fourth-order valence-corrected chi connectivity index (χ4v) is 2.77. The van der Waals surface area contributed by atoms with Gasteiger partial charge in [-0.15, -0.1) is 0 Å². The summed E-state index contributed by atoms with van der Waals surface area (Å²) in [5, 5.41) is 10.1. The van der Waals surface area contributed by atoms with Crippen molar-refractivity contribution in [2.45, 2.75) is 72.3 Å². The molecule has 1 saturated carbocycles. The van der Waals surface area contributed by atoms with Crippen molar-refractivity contribution in [3.63, 3.8) is 0 Å². The zero-order valence-electron chi connectivity index (χ0n) is 12.0. The molecule has 0 spiro atoms. The number of ketones is 1. The average Bonchev–Trinajstić information content (AvgIpc) is 2.19. The van der Waals surface area contributed by atoms with E-state index in [2.05, 4.69) is 20.8 Å². The smallest absolute Gasteiger partial charge is 0.136 e. The molecule has 0 radical (unpaired) electrons. The minimum Gasteiger partial charge on any atom is -0.390 e. The number of carbonyl (C=O) groups excluding carboxylic acids is 1. The Morgan fingerprint density at radius 2 is 1.88 bits per heavy atom. The molecule has 1 rings (SSSR count). The van der Waals surface area contributed by atoms with E-state index < -0.39 is 5.60 Å². The van der Waals surface area contributed by atoms with E-state index in [1.807, 2.05) is 13.8 Å².